The first-order valence-electron chi connectivity index (χ1n) is 19.6. The quantitative estimate of drug-likeness (QED) is 0.0755. The van der Waals surface area contributed by atoms with Crippen LogP contribution < -0.4 is 0 Å². The molecular weight excluding hydrogens is 702 g/mol. The molecule has 0 radical (unpaired) electrons. The first-order chi connectivity index (χ1) is 26.4. The van der Waals surface area contributed by atoms with Crippen LogP contribution in [-0.4, -0.2) is 174 Å². The molecule has 0 aromatic heterocycles. The van der Waals surface area contributed by atoms with Gasteiger partial charge in [-0.2, -0.15) is 4.58 Å². The van der Waals surface area contributed by atoms with E-state index in [2.05, 4.69) is 43.5 Å². The molecular formula is C40H70NO13+. The number of methoxy groups -OCH3 is 1. The van der Waals surface area contributed by atoms with Gasteiger partial charge in [0.1, 0.15) is 6.54 Å². The second-order valence-corrected chi connectivity index (χ2v) is 13.2. The van der Waals surface area contributed by atoms with Crippen molar-refractivity contribution in [1.82, 2.24) is 0 Å². The Morgan fingerprint density at radius 2 is 0.963 bits per heavy atom. The van der Waals surface area contributed by atoms with Crippen molar-refractivity contribution in [2.24, 2.45) is 0 Å². The molecule has 0 aliphatic carbocycles. The van der Waals surface area contributed by atoms with E-state index in [-0.39, 0.29) is 11.8 Å². The largest absolute Gasteiger partial charge is 0.481 e. The minimum Gasteiger partial charge on any atom is -0.481 e. The second kappa shape index (κ2) is 32.1. The van der Waals surface area contributed by atoms with Crippen LogP contribution >= 0.6 is 0 Å². The molecule has 0 fully saturated rings. The fourth-order valence-electron chi connectivity index (χ4n) is 5.83. The minimum atomic E-state index is -0.725. The zero-order chi connectivity index (χ0) is 39.0. The fraction of sp³-hybridized carbons (Fsp3) is 0.800. The van der Waals surface area contributed by atoms with Crippen molar-refractivity contribution < 1.29 is 66.6 Å². The number of aliphatic carboxylic acids is 1. The number of ether oxygens (including phenoxy) is 11. The Morgan fingerprint density at radius 3 is 1.35 bits per heavy atom. The number of carboxylic acids is 1. The van der Waals surface area contributed by atoms with E-state index in [1.807, 2.05) is 0 Å². The van der Waals surface area contributed by atoms with Gasteiger partial charge in [0.2, 0.25) is 5.69 Å². The van der Waals surface area contributed by atoms with Crippen molar-refractivity contribution in [3.8, 4) is 0 Å². The molecule has 1 N–H and O–H groups in total. The van der Waals surface area contributed by atoms with Crippen molar-refractivity contribution in [3.63, 3.8) is 0 Å². The summed E-state index contributed by atoms with van der Waals surface area (Å²) in [5.74, 6) is -0.725. The fourth-order valence-corrected chi connectivity index (χ4v) is 5.83. The molecule has 0 amide bonds. The number of hydrogen-bond donors (Lipinski definition) is 1. The molecule has 312 valence electrons. The molecule has 0 saturated carbocycles. The molecule has 0 saturated heterocycles. The predicted molar refractivity (Wildman–Crippen MR) is 205 cm³/mol. The summed E-state index contributed by atoms with van der Waals surface area (Å²) in [5, 5.41) is 8.93. The Kier molecular flexibility index (Phi) is 28.5. The first-order valence-corrected chi connectivity index (χ1v) is 19.6. The van der Waals surface area contributed by atoms with Crippen molar-refractivity contribution in [2.75, 3.05) is 152 Å². The highest BCUT2D eigenvalue weighted by atomic mass is 16.6. The molecule has 2 rings (SSSR count). The topological polar surface area (TPSA) is 142 Å². The number of hydrogen-bond acceptors (Lipinski definition) is 12. The summed E-state index contributed by atoms with van der Waals surface area (Å²) in [6.45, 7) is 18.6. The van der Waals surface area contributed by atoms with Gasteiger partial charge >= 0.3 is 5.97 Å². The zero-order valence-corrected chi connectivity index (χ0v) is 33.6. The molecule has 0 spiro atoms. The average molecular weight is 773 g/mol. The molecule has 54 heavy (non-hydrogen) atoms. The Hall–Kier alpha value is -2.08. The lowest BCUT2D eigenvalue weighted by atomic mass is 9.77. The predicted octanol–water partition coefficient (Wildman–Crippen LogP) is 4.22. The Bertz CT molecular complexity index is 1120. The van der Waals surface area contributed by atoms with E-state index in [0.29, 0.717) is 145 Å². The van der Waals surface area contributed by atoms with Crippen molar-refractivity contribution in [1.29, 1.82) is 0 Å². The van der Waals surface area contributed by atoms with Gasteiger partial charge < -0.3 is 57.2 Å². The maximum absolute atomic E-state index is 10.9. The number of unbranched alkanes of at least 4 members (excludes halogenated alkanes) is 2. The van der Waals surface area contributed by atoms with E-state index in [1.54, 1.807) is 7.11 Å². The van der Waals surface area contributed by atoms with Gasteiger partial charge in [-0.3, -0.25) is 4.79 Å². The molecule has 1 heterocycles. The van der Waals surface area contributed by atoms with Gasteiger partial charge in [-0.25, -0.2) is 0 Å². The molecule has 0 bridgehead atoms. The molecule has 1 aromatic rings. The first kappa shape index (κ1) is 48.1. The van der Waals surface area contributed by atoms with E-state index in [9.17, 15) is 4.79 Å². The Balaban J connectivity index is 1.34. The number of aryl methyl sites for hydroxylation is 1. The highest BCUT2D eigenvalue weighted by Gasteiger charge is 2.46. The summed E-state index contributed by atoms with van der Waals surface area (Å²) in [5.41, 5.74) is 5.07. The van der Waals surface area contributed by atoms with Crippen LogP contribution in [0.15, 0.2) is 18.2 Å². The highest BCUT2D eigenvalue weighted by Crippen LogP contribution is 2.42. The summed E-state index contributed by atoms with van der Waals surface area (Å²) in [6.07, 6.45) is 3.70. The summed E-state index contributed by atoms with van der Waals surface area (Å²) in [7, 11) is 1.65. The Labute approximate surface area is 323 Å². The second-order valence-electron chi connectivity index (χ2n) is 13.2. The van der Waals surface area contributed by atoms with E-state index < -0.39 is 5.97 Å². The number of fused-ring (bicyclic) bond motifs is 1. The maximum atomic E-state index is 10.9. The van der Waals surface area contributed by atoms with Gasteiger partial charge in [-0.05, 0) is 39.2 Å². The van der Waals surface area contributed by atoms with E-state index >= 15 is 0 Å². The third-order valence-electron chi connectivity index (χ3n) is 9.04. The number of nitrogens with zero attached hydrogens (tertiary/aromatic N) is 1. The molecule has 1 atom stereocenters. The van der Waals surface area contributed by atoms with Crippen LogP contribution in [0.2, 0.25) is 0 Å². The van der Waals surface area contributed by atoms with Gasteiger partial charge in [0.05, 0.1) is 138 Å². The smallest absolute Gasteiger partial charge is 0.303 e. The summed E-state index contributed by atoms with van der Waals surface area (Å²) in [6, 6.07) is 6.68. The zero-order valence-electron chi connectivity index (χ0n) is 33.6. The molecule has 14 heteroatoms. The summed E-state index contributed by atoms with van der Waals surface area (Å²) < 4.78 is 62.8. The van der Waals surface area contributed by atoms with E-state index in [1.165, 1.54) is 22.5 Å². The van der Waals surface area contributed by atoms with Crippen molar-refractivity contribution >= 4 is 17.4 Å². The van der Waals surface area contributed by atoms with Gasteiger partial charge in [-0.1, -0.05) is 11.6 Å². The van der Waals surface area contributed by atoms with Crippen LogP contribution in [0.25, 0.3) is 0 Å². The lowest BCUT2D eigenvalue weighted by Gasteiger charge is -2.22. The monoisotopic (exact) mass is 772 g/mol. The SMILES string of the molecule is COCCOCCOCCOCCOCCOCCOCCOCCOCCOCCOCCC1(C)C(C)=[N+](CCCCCC(=O)O)c2ccc(C)cc21. The van der Waals surface area contributed by atoms with E-state index in [4.69, 9.17) is 57.2 Å². The van der Waals surface area contributed by atoms with Crippen LogP contribution in [0.1, 0.15) is 57.1 Å². The van der Waals surface area contributed by atoms with Gasteiger partial charge in [0, 0.05) is 45.1 Å². The number of benzene rings is 1. The summed E-state index contributed by atoms with van der Waals surface area (Å²) in [4.78, 5) is 10.9. The molecule has 1 aliphatic heterocycles. The van der Waals surface area contributed by atoms with Crippen LogP contribution in [0.3, 0.4) is 0 Å². The minimum absolute atomic E-state index is 0.106. The third-order valence-corrected chi connectivity index (χ3v) is 9.04. The van der Waals surface area contributed by atoms with E-state index in [0.717, 1.165) is 25.8 Å². The lowest BCUT2D eigenvalue weighted by molar-refractivity contribution is -0.439. The van der Waals surface area contributed by atoms with Gasteiger partial charge in [0.25, 0.3) is 0 Å². The highest BCUT2D eigenvalue weighted by molar-refractivity contribution is 5.93. The molecule has 1 aliphatic rings. The number of carboxylic acid groups (broad SMARTS) is 1. The number of rotatable bonds is 39. The number of carbonyl (C=O) groups is 1. The average Bonchev–Trinajstić information content (AvgIpc) is 3.36. The van der Waals surface area contributed by atoms with Crippen LogP contribution in [0, 0.1) is 6.92 Å². The lowest BCUT2D eigenvalue weighted by Crippen LogP contribution is -2.32. The van der Waals surface area contributed by atoms with Crippen LogP contribution in [0.4, 0.5) is 5.69 Å². The standard InChI is InChI=1S/C40H69NO13/c1-35-9-10-38-37(34-35)40(3,36(2)41(38)12-7-5-6-8-39(42)43)11-13-45-16-17-47-20-21-49-24-25-51-28-29-53-32-33-54-31-30-52-27-26-50-23-22-48-19-18-46-15-14-44-4/h9-10,34H,5-8,11-33H2,1-4H3/p+1. The molecule has 1 unspecified atom stereocenters. The normalized spacial score (nSPS) is 15.4. The van der Waals surface area contributed by atoms with Crippen LogP contribution in [-0.2, 0) is 62.3 Å². The van der Waals surface area contributed by atoms with Crippen LogP contribution in [0.5, 0.6) is 0 Å². The summed E-state index contributed by atoms with van der Waals surface area (Å²) >= 11 is 0. The van der Waals surface area contributed by atoms with Gasteiger partial charge in [0.15, 0.2) is 5.71 Å². The maximum Gasteiger partial charge on any atom is 0.303 e. The van der Waals surface area contributed by atoms with Gasteiger partial charge in [-0.15, -0.1) is 0 Å². The molecule has 14 nitrogen and oxygen atoms in total. The van der Waals surface area contributed by atoms with Crippen molar-refractivity contribution in [3.05, 3.63) is 29.3 Å². The molecule has 1 aromatic carbocycles. The Morgan fingerprint density at radius 1 is 0.574 bits per heavy atom. The third kappa shape index (κ3) is 21.9. The van der Waals surface area contributed by atoms with Crippen molar-refractivity contribution in [2.45, 2.75) is 58.3 Å².